The van der Waals surface area contributed by atoms with Crippen molar-refractivity contribution in [2.24, 2.45) is 0 Å². The van der Waals surface area contributed by atoms with Crippen LogP contribution in [-0.2, 0) is 0 Å². The van der Waals surface area contributed by atoms with E-state index in [-0.39, 0.29) is 0 Å². The molecule has 2 aromatic rings. The Morgan fingerprint density at radius 1 is 1.07 bits per heavy atom. The van der Waals surface area contributed by atoms with E-state index in [0.717, 1.165) is 17.4 Å². The molecule has 0 N–H and O–H groups in total. The number of hydrogen-bond donors (Lipinski definition) is 0. The van der Waals surface area contributed by atoms with Crippen LogP contribution < -0.4 is 0 Å². The summed E-state index contributed by atoms with van der Waals surface area (Å²) in [6, 6.07) is 9.15. The molecule has 74 valence electrons. The molecule has 1 aromatic carbocycles. The van der Waals surface area contributed by atoms with Gasteiger partial charge < -0.3 is 0 Å². The molecule has 0 saturated heterocycles. The number of carbonyl (C=O) groups is 1. The molecule has 3 heteroatoms. The fraction of sp³-hybridized carbons (Fsp3) is 0. The Hall–Kier alpha value is -1.67. The van der Waals surface area contributed by atoms with E-state index in [1.54, 1.807) is 24.5 Å². The molecule has 1 aromatic heterocycles. The van der Waals surface area contributed by atoms with Gasteiger partial charge in [-0.25, -0.2) is 0 Å². The number of benzene rings is 1. The summed E-state index contributed by atoms with van der Waals surface area (Å²) in [7, 11) is 0. The number of carbonyl (C=O) groups excluding carboxylic acids is 1. The van der Waals surface area contributed by atoms with Gasteiger partial charge in [0.05, 0.1) is 5.02 Å². The second-order valence-corrected chi connectivity index (χ2v) is 3.50. The third-order valence-corrected chi connectivity index (χ3v) is 2.47. The SMILES string of the molecule is O=Cc1ccc(-c2ccncc2)cc1Cl. The zero-order valence-corrected chi connectivity index (χ0v) is 8.61. The van der Waals surface area contributed by atoms with Crippen molar-refractivity contribution in [1.82, 2.24) is 4.98 Å². The molecular formula is C12H8ClNO. The normalized spacial score (nSPS) is 9.93. The van der Waals surface area contributed by atoms with Crippen LogP contribution in [0.5, 0.6) is 0 Å². The number of nitrogens with zero attached hydrogens (tertiary/aromatic N) is 1. The fourth-order valence-electron chi connectivity index (χ4n) is 1.35. The second-order valence-electron chi connectivity index (χ2n) is 3.09. The third kappa shape index (κ3) is 2.05. The lowest BCUT2D eigenvalue weighted by Gasteiger charge is -2.02. The number of hydrogen-bond acceptors (Lipinski definition) is 2. The smallest absolute Gasteiger partial charge is 0.151 e. The largest absolute Gasteiger partial charge is 0.298 e. The van der Waals surface area contributed by atoms with Crippen molar-refractivity contribution in [3.8, 4) is 11.1 Å². The van der Waals surface area contributed by atoms with Gasteiger partial charge >= 0.3 is 0 Å². The average molecular weight is 218 g/mol. The van der Waals surface area contributed by atoms with Gasteiger partial charge in [-0.05, 0) is 35.4 Å². The highest BCUT2D eigenvalue weighted by Gasteiger charge is 2.02. The second kappa shape index (κ2) is 4.24. The average Bonchev–Trinajstić information content (AvgIpc) is 2.30. The fourth-order valence-corrected chi connectivity index (χ4v) is 1.57. The van der Waals surface area contributed by atoms with E-state index in [4.69, 9.17) is 11.6 Å². The number of halogens is 1. The highest BCUT2D eigenvalue weighted by Crippen LogP contribution is 2.24. The van der Waals surface area contributed by atoms with Crippen LogP contribution in [0.4, 0.5) is 0 Å². The summed E-state index contributed by atoms with van der Waals surface area (Å²) in [5.41, 5.74) is 2.52. The molecular weight excluding hydrogens is 210 g/mol. The molecule has 0 aliphatic carbocycles. The van der Waals surface area contributed by atoms with Gasteiger partial charge in [-0.1, -0.05) is 17.7 Å². The molecule has 0 atom stereocenters. The summed E-state index contributed by atoms with van der Waals surface area (Å²) < 4.78 is 0. The molecule has 0 amide bonds. The van der Waals surface area contributed by atoms with Crippen LogP contribution in [0.15, 0.2) is 42.7 Å². The Morgan fingerprint density at radius 3 is 2.40 bits per heavy atom. The molecule has 0 spiro atoms. The van der Waals surface area contributed by atoms with E-state index in [1.807, 2.05) is 18.2 Å². The summed E-state index contributed by atoms with van der Waals surface area (Å²) in [4.78, 5) is 14.5. The van der Waals surface area contributed by atoms with Gasteiger partial charge in [-0.3, -0.25) is 9.78 Å². The highest BCUT2D eigenvalue weighted by atomic mass is 35.5. The highest BCUT2D eigenvalue weighted by molar-refractivity contribution is 6.33. The van der Waals surface area contributed by atoms with Gasteiger partial charge in [0, 0.05) is 18.0 Å². The van der Waals surface area contributed by atoms with Gasteiger partial charge in [0.25, 0.3) is 0 Å². The van der Waals surface area contributed by atoms with E-state index < -0.39 is 0 Å². The minimum absolute atomic E-state index is 0.472. The zero-order chi connectivity index (χ0) is 10.7. The quantitative estimate of drug-likeness (QED) is 0.723. The van der Waals surface area contributed by atoms with Crippen molar-refractivity contribution in [1.29, 1.82) is 0 Å². The Balaban J connectivity index is 2.47. The summed E-state index contributed by atoms with van der Waals surface area (Å²) in [5, 5.41) is 0.472. The van der Waals surface area contributed by atoms with E-state index >= 15 is 0 Å². The van der Waals surface area contributed by atoms with Crippen molar-refractivity contribution in [2.45, 2.75) is 0 Å². The van der Waals surface area contributed by atoms with Crippen LogP contribution in [-0.4, -0.2) is 11.3 Å². The Labute approximate surface area is 92.5 Å². The maximum atomic E-state index is 10.6. The maximum absolute atomic E-state index is 10.6. The van der Waals surface area contributed by atoms with Crippen molar-refractivity contribution >= 4 is 17.9 Å². The van der Waals surface area contributed by atoms with E-state index in [2.05, 4.69) is 4.98 Å². The zero-order valence-electron chi connectivity index (χ0n) is 7.85. The Kier molecular flexibility index (Phi) is 2.79. The van der Waals surface area contributed by atoms with Crippen molar-refractivity contribution in [3.63, 3.8) is 0 Å². The predicted molar refractivity (Wildman–Crippen MR) is 60.1 cm³/mol. The third-order valence-electron chi connectivity index (χ3n) is 2.14. The lowest BCUT2D eigenvalue weighted by atomic mass is 10.1. The van der Waals surface area contributed by atoms with E-state index in [9.17, 15) is 4.79 Å². The van der Waals surface area contributed by atoms with Crippen molar-refractivity contribution in [2.75, 3.05) is 0 Å². The molecule has 15 heavy (non-hydrogen) atoms. The monoisotopic (exact) mass is 217 g/mol. The lowest BCUT2D eigenvalue weighted by molar-refractivity contribution is 0.112. The number of rotatable bonds is 2. The molecule has 2 nitrogen and oxygen atoms in total. The molecule has 1 heterocycles. The number of aromatic nitrogens is 1. The first-order valence-electron chi connectivity index (χ1n) is 4.46. The van der Waals surface area contributed by atoms with Gasteiger partial charge in [0.1, 0.15) is 0 Å². The molecule has 2 rings (SSSR count). The first kappa shape index (κ1) is 9.87. The lowest BCUT2D eigenvalue weighted by Crippen LogP contribution is -1.84. The summed E-state index contributed by atoms with van der Waals surface area (Å²) in [5.74, 6) is 0. The topological polar surface area (TPSA) is 30.0 Å². The van der Waals surface area contributed by atoms with Crippen LogP contribution in [0, 0.1) is 0 Å². The van der Waals surface area contributed by atoms with Crippen molar-refractivity contribution < 1.29 is 4.79 Å². The first-order valence-corrected chi connectivity index (χ1v) is 4.84. The van der Waals surface area contributed by atoms with Gasteiger partial charge in [-0.15, -0.1) is 0 Å². The van der Waals surface area contributed by atoms with Crippen LogP contribution in [0.3, 0.4) is 0 Å². The molecule has 0 radical (unpaired) electrons. The molecule has 0 saturated carbocycles. The van der Waals surface area contributed by atoms with Crippen LogP contribution in [0.25, 0.3) is 11.1 Å². The summed E-state index contributed by atoms with van der Waals surface area (Å²) >= 11 is 5.93. The van der Waals surface area contributed by atoms with Crippen molar-refractivity contribution in [3.05, 3.63) is 53.3 Å². The maximum Gasteiger partial charge on any atom is 0.151 e. The standard InChI is InChI=1S/C12H8ClNO/c13-12-7-10(1-2-11(12)8-15)9-3-5-14-6-4-9/h1-8H. The molecule has 0 fully saturated rings. The molecule has 0 aliphatic heterocycles. The molecule has 0 aliphatic rings. The summed E-state index contributed by atoms with van der Waals surface area (Å²) in [6.45, 7) is 0. The van der Waals surface area contributed by atoms with Gasteiger partial charge in [0.15, 0.2) is 6.29 Å². The van der Waals surface area contributed by atoms with Crippen LogP contribution in [0.2, 0.25) is 5.02 Å². The van der Waals surface area contributed by atoms with E-state index in [0.29, 0.717) is 10.6 Å². The minimum atomic E-state index is 0.472. The van der Waals surface area contributed by atoms with Crippen LogP contribution >= 0.6 is 11.6 Å². The first-order chi connectivity index (χ1) is 7.31. The minimum Gasteiger partial charge on any atom is -0.298 e. The molecule has 0 bridgehead atoms. The number of pyridine rings is 1. The van der Waals surface area contributed by atoms with Gasteiger partial charge in [-0.2, -0.15) is 0 Å². The Bertz CT molecular complexity index is 482. The van der Waals surface area contributed by atoms with E-state index in [1.165, 1.54) is 0 Å². The summed E-state index contributed by atoms with van der Waals surface area (Å²) in [6.07, 6.45) is 4.19. The predicted octanol–water partition coefficient (Wildman–Crippen LogP) is 3.21. The Morgan fingerprint density at radius 2 is 1.80 bits per heavy atom. The van der Waals surface area contributed by atoms with Gasteiger partial charge in [0.2, 0.25) is 0 Å². The number of aldehydes is 1. The van der Waals surface area contributed by atoms with Crippen LogP contribution in [0.1, 0.15) is 10.4 Å². The molecule has 0 unspecified atom stereocenters.